The number of ketones is 1. The van der Waals surface area contributed by atoms with Gasteiger partial charge in [-0.15, -0.1) is 0 Å². The van der Waals surface area contributed by atoms with Gasteiger partial charge in [-0.05, 0) is 32.9 Å². The number of halogens is 1. The first-order valence-corrected chi connectivity index (χ1v) is 7.67. The van der Waals surface area contributed by atoms with Gasteiger partial charge in [-0.3, -0.25) is 9.69 Å². The van der Waals surface area contributed by atoms with Crippen molar-refractivity contribution in [3.8, 4) is 5.88 Å². The number of amides is 1. The van der Waals surface area contributed by atoms with Crippen molar-refractivity contribution in [3.63, 3.8) is 0 Å². The average molecular weight is 357 g/mol. The third kappa shape index (κ3) is 3.72. The molecule has 0 bridgehead atoms. The normalized spacial score (nSPS) is 14.2. The molecule has 1 aliphatic rings. The van der Waals surface area contributed by atoms with E-state index >= 15 is 0 Å². The van der Waals surface area contributed by atoms with Gasteiger partial charge in [0.05, 0.1) is 11.9 Å². The molecule has 6 nitrogen and oxygen atoms in total. The summed E-state index contributed by atoms with van der Waals surface area (Å²) in [5, 5.41) is 0.189. The van der Waals surface area contributed by atoms with Crippen LogP contribution in [-0.4, -0.2) is 40.9 Å². The standard InChI is InChI=1S/C14H17BrN2O4/c1-14(2,3)21-13(19)17-6-7-20-12-10(17)5-4-9(16-12)11(18)8-15/h4-5H,6-8H2,1-3H3. The van der Waals surface area contributed by atoms with Crippen molar-refractivity contribution in [2.45, 2.75) is 26.4 Å². The lowest BCUT2D eigenvalue weighted by molar-refractivity contribution is 0.0566. The molecule has 0 fully saturated rings. The molecule has 2 rings (SSSR count). The molecule has 0 aromatic carbocycles. The summed E-state index contributed by atoms with van der Waals surface area (Å²) in [6.07, 6.45) is -0.451. The highest BCUT2D eigenvalue weighted by atomic mass is 79.9. The second-order valence-electron chi connectivity index (χ2n) is 5.56. The summed E-state index contributed by atoms with van der Waals surface area (Å²) in [4.78, 5) is 29.5. The van der Waals surface area contributed by atoms with Gasteiger partial charge in [-0.25, -0.2) is 9.78 Å². The zero-order valence-corrected chi connectivity index (χ0v) is 13.8. The highest BCUT2D eigenvalue weighted by Crippen LogP contribution is 2.31. The lowest BCUT2D eigenvalue weighted by atomic mass is 10.2. The molecule has 0 radical (unpaired) electrons. The molecular formula is C14H17BrN2O4. The van der Waals surface area contributed by atoms with Gasteiger partial charge in [0.25, 0.3) is 0 Å². The van der Waals surface area contributed by atoms with Gasteiger partial charge in [-0.2, -0.15) is 0 Å². The summed E-state index contributed by atoms with van der Waals surface area (Å²) >= 11 is 3.10. The van der Waals surface area contributed by atoms with Crippen LogP contribution in [0.15, 0.2) is 12.1 Å². The first kappa shape index (κ1) is 15.8. The van der Waals surface area contributed by atoms with Crippen LogP contribution in [0.3, 0.4) is 0 Å². The quantitative estimate of drug-likeness (QED) is 0.601. The molecule has 0 unspecified atom stereocenters. The van der Waals surface area contributed by atoms with Gasteiger partial charge in [0.2, 0.25) is 5.88 Å². The lowest BCUT2D eigenvalue weighted by Crippen LogP contribution is -2.41. The minimum Gasteiger partial charge on any atom is -0.474 e. The number of anilines is 1. The lowest BCUT2D eigenvalue weighted by Gasteiger charge is -2.31. The van der Waals surface area contributed by atoms with Crippen molar-refractivity contribution in [3.05, 3.63) is 17.8 Å². The minimum atomic E-state index is -0.575. The van der Waals surface area contributed by atoms with E-state index in [1.807, 2.05) is 20.8 Å². The molecule has 0 atom stereocenters. The maximum atomic E-state index is 12.2. The van der Waals surface area contributed by atoms with E-state index in [2.05, 4.69) is 20.9 Å². The molecule has 0 aliphatic carbocycles. The van der Waals surface area contributed by atoms with E-state index in [-0.39, 0.29) is 17.0 Å². The largest absolute Gasteiger partial charge is 0.474 e. The van der Waals surface area contributed by atoms with Gasteiger partial charge < -0.3 is 9.47 Å². The van der Waals surface area contributed by atoms with E-state index in [9.17, 15) is 9.59 Å². The molecule has 1 aromatic rings. The molecule has 1 amide bonds. The highest BCUT2D eigenvalue weighted by molar-refractivity contribution is 9.09. The van der Waals surface area contributed by atoms with Gasteiger partial charge in [0, 0.05) is 0 Å². The number of alkyl halides is 1. The third-order valence-corrected chi connectivity index (χ3v) is 3.21. The average Bonchev–Trinajstić information content (AvgIpc) is 2.43. The number of Topliss-reactive ketones (excluding diaryl/α,β-unsaturated/α-hetero) is 1. The van der Waals surface area contributed by atoms with Crippen molar-refractivity contribution in [1.29, 1.82) is 0 Å². The molecular weight excluding hydrogens is 340 g/mol. The van der Waals surface area contributed by atoms with E-state index in [0.29, 0.717) is 24.5 Å². The van der Waals surface area contributed by atoms with Crippen molar-refractivity contribution in [2.75, 3.05) is 23.4 Å². The Kier molecular flexibility index (Phi) is 4.51. The molecule has 2 heterocycles. The van der Waals surface area contributed by atoms with Crippen molar-refractivity contribution in [1.82, 2.24) is 4.98 Å². The molecule has 7 heteroatoms. The van der Waals surface area contributed by atoms with E-state index in [0.717, 1.165) is 0 Å². The Labute approximate surface area is 131 Å². The van der Waals surface area contributed by atoms with Crippen LogP contribution in [0, 0.1) is 0 Å². The van der Waals surface area contributed by atoms with E-state index in [1.54, 1.807) is 12.1 Å². The topological polar surface area (TPSA) is 68.7 Å². The Bertz CT molecular complexity index is 569. The molecule has 1 aromatic heterocycles. The fourth-order valence-corrected chi connectivity index (χ4v) is 2.12. The summed E-state index contributed by atoms with van der Waals surface area (Å²) in [6.45, 7) is 6.12. The number of hydrogen-bond donors (Lipinski definition) is 0. The minimum absolute atomic E-state index is 0.143. The molecule has 0 saturated heterocycles. The van der Waals surface area contributed by atoms with Crippen LogP contribution in [-0.2, 0) is 4.74 Å². The Morgan fingerprint density at radius 2 is 2.14 bits per heavy atom. The second-order valence-corrected chi connectivity index (χ2v) is 6.12. The summed E-state index contributed by atoms with van der Waals surface area (Å²) in [5.74, 6) is 0.134. The molecule has 0 saturated carbocycles. The monoisotopic (exact) mass is 356 g/mol. The Hall–Kier alpha value is -1.63. The van der Waals surface area contributed by atoms with Crippen LogP contribution in [0.4, 0.5) is 10.5 Å². The molecule has 1 aliphatic heterocycles. The number of rotatable bonds is 2. The van der Waals surface area contributed by atoms with Gasteiger partial charge in [0.15, 0.2) is 5.78 Å². The summed E-state index contributed by atoms with van der Waals surface area (Å²) < 4.78 is 10.8. The number of carbonyl (C=O) groups is 2. The Morgan fingerprint density at radius 1 is 1.43 bits per heavy atom. The number of pyridine rings is 1. The predicted octanol–water partition coefficient (Wildman–Crippen LogP) is 2.79. The van der Waals surface area contributed by atoms with Gasteiger partial charge in [0.1, 0.15) is 23.6 Å². The molecule has 21 heavy (non-hydrogen) atoms. The first-order chi connectivity index (χ1) is 9.81. The number of aromatic nitrogens is 1. The van der Waals surface area contributed by atoms with E-state index in [1.165, 1.54) is 4.90 Å². The second kappa shape index (κ2) is 6.01. The van der Waals surface area contributed by atoms with Crippen molar-refractivity contribution in [2.24, 2.45) is 0 Å². The number of hydrogen-bond acceptors (Lipinski definition) is 5. The summed E-state index contributed by atoms with van der Waals surface area (Å²) in [7, 11) is 0. The predicted molar refractivity (Wildman–Crippen MR) is 81.4 cm³/mol. The fraction of sp³-hybridized carbons (Fsp3) is 0.500. The maximum absolute atomic E-state index is 12.2. The molecule has 0 N–H and O–H groups in total. The van der Waals surface area contributed by atoms with Gasteiger partial charge >= 0.3 is 6.09 Å². The van der Waals surface area contributed by atoms with Crippen molar-refractivity contribution >= 4 is 33.5 Å². The zero-order chi connectivity index (χ0) is 15.6. The fourth-order valence-electron chi connectivity index (χ4n) is 1.83. The zero-order valence-electron chi connectivity index (χ0n) is 12.2. The van der Waals surface area contributed by atoms with E-state index < -0.39 is 11.7 Å². The number of carbonyl (C=O) groups excluding carboxylic acids is 2. The molecule has 0 spiro atoms. The highest BCUT2D eigenvalue weighted by Gasteiger charge is 2.29. The third-order valence-electron chi connectivity index (χ3n) is 2.71. The van der Waals surface area contributed by atoms with Crippen LogP contribution in [0.2, 0.25) is 0 Å². The van der Waals surface area contributed by atoms with Crippen molar-refractivity contribution < 1.29 is 19.1 Å². The summed E-state index contributed by atoms with van der Waals surface area (Å²) in [5.41, 5.74) is 0.243. The van der Waals surface area contributed by atoms with Crippen LogP contribution >= 0.6 is 15.9 Å². The number of ether oxygens (including phenoxy) is 2. The Morgan fingerprint density at radius 3 is 2.76 bits per heavy atom. The van der Waals surface area contributed by atoms with Crippen LogP contribution in [0.5, 0.6) is 5.88 Å². The van der Waals surface area contributed by atoms with Crippen LogP contribution in [0.25, 0.3) is 0 Å². The maximum Gasteiger partial charge on any atom is 0.415 e. The smallest absolute Gasteiger partial charge is 0.415 e. The SMILES string of the molecule is CC(C)(C)OC(=O)N1CCOc2nc(C(=O)CBr)ccc21. The number of fused-ring (bicyclic) bond motifs is 1. The summed E-state index contributed by atoms with van der Waals surface area (Å²) in [6, 6.07) is 3.23. The first-order valence-electron chi connectivity index (χ1n) is 6.55. The Balaban J connectivity index is 2.28. The van der Waals surface area contributed by atoms with Gasteiger partial charge in [-0.1, -0.05) is 15.9 Å². The van der Waals surface area contributed by atoms with E-state index in [4.69, 9.17) is 9.47 Å². The number of nitrogens with zero attached hydrogens (tertiary/aromatic N) is 2. The van der Waals surface area contributed by atoms with Crippen LogP contribution in [0.1, 0.15) is 31.3 Å². The van der Waals surface area contributed by atoms with Crippen LogP contribution < -0.4 is 9.64 Å². The molecule has 114 valence electrons.